The number of ether oxygens (including phenoxy) is 2. The Morgan fingerprint density at radius 1 is 1.32 bits per heavy atom. The maximum absolute atomic E-state index is 13.4. The highest BCUT2D eigenvalue weighted by atomic mass is 32.1. The van der Waals surface area contributed by atoms with E-state index in [1.54, 1.807) is 18.4 Å². The molecule has 1 atom stereocenters. The lowest BCUT2D eigenvalue weighted by Crippen LogP contribution is -2.28. The van der Waals surface area contributed by atoms with Crippen LogP contribution in [-0.4, -0.2) is 31.3 Å². The van der Waals surface area contributed by atoms with E-state index in [4.69, 9.17) is 13.9 Å². The van der Waals surface area contributed by atoms with E-state index < -0.39 is 4.92 Å². The largest absolute Gasteiger partial charge is 0.493 e. The Morgan fingerprint density at radius 3 is 2.73 bits per heavy atom. The Bertz CT molecular complexity index is 1320. The molecule has 0 fully saturated rings. The van der Waals surface area contributed by atoms with Crippen molar-refractivity contribution in [3.05, 3.63) is 68.0 Å². The summed E-state index contributed by atoms with van der Waals surface area (Å²) in [5, 5.41) is 15.0. The van der Waals surface area contributed by atoms with Gasteiger partial charge >= 0.3 is 0 Å². The average molecular weight is 526 g/mol. The van der Waals surface area contributed by atoms with E-state index in [2.05, 4.69) is 31.1 Å². The molecular formula is C27H31N3O6S. The van der Waals surface area contributed by atoms with Crippen LogP contribution in [-0.2, 0) is 19.4 Å². The van der Waals surface area contributed by atoms with Crippen molar-refractivity contribution in [3.63, 3.8) is 0 Å². The van der Waals surface area contributed by atoms with Crippen LogP contribution in [0.25, 0.3) is 0 Å². The maximum Gasteiger partial charge on any atom is 0.274 e. The second kappa shape index (κ2) is 10.8. The third kappa shape index (κ3) is 5.69. The lowest BCUT2D eigenvalue weighted by atomic mass is 9.72. The number of non-ortho nitro benzene ring substituents is 1. The van der Waals surface area contributed by atoms with Crippen LogP contribution in [0.3, 0.4) is 0 Å². The first-order chi connectivity index (χ1) is 17.6. The van der Waals surface area contributed by atoms with E-state index in [9.17, 15) is 14.9 Å². The van der Waals surface area contributed by atoms with E-state index in [1.807, 2.05) is 0 Å². The number of fused-ring (bicyclic) bond motifs is 1. The van der Waals surface area contributed by atoms with Gasteiger partial charge in [-0.2, -0.15) is 0 Å². The highest BCUT2D eigenvalue weighted by molar-refractivity contribution is 7.16. The van der Waals surface area contributed by atoms with Crippen LogP contribution in [0.2, 0.25) is 0 Å². The first-order valence-corrected chi connectivity index (χ1v) is 12.8. The number of methoxy groups -OCH3 is 2. The third-order valence-corrected chi connectivity index (χ3v) is 7.89. The first kappa shape index (κ1) is 26.4. The summed E-state index contributed by atoms with van der Waals surface area (Å²) in [6, 6.07) is 6.26. The number of furan rings is 1. The molecule has 1 aliphatic carbocycles. The number of nitro groups is 1. The average Bonchev–Trinajstić information content (AvgIpc) is 3.51. The summed E-state index contributed by atoms with van der Waals surface area (Å²) in [5.41, 5.74) is 1.97. The number of hydrogen-bond donors (Lipinski definition) is 1. The topological polar surface area (TPSA) is 116 Å². The van der Waals surface area contributed by atoms with Gasteiger partial charge in [-0.1, -0.05) is 20.8 Å². The van der Waals surface area contributed by atoms with Gasteiger partial charge in [-0.05, 0) is 48.3 Å². The van der Waals surface area contributed by atoms with Crippen LogP contribution in [0.5, 0.6) is 11.5 Å². The van der Waals surface area contributed by atoms with Crippen LogP contribution in [0.4, 0.5) is 10.7 Å². The summed E-state index contributed by atoms with van der Waals surface area (Å²) < 4.78 is 16.1. The monoisotopic (exact) mass is 525 g/mol. The van der Waals surface area contributed by atoms with Gasteiger partial charge in [-0.3, -0.25) is 14.9 Å². The summed E-state index contributed by atoms with van der Waals surface area (Å²) in [5.74, 6) is 1.49. The summed E-state index contributed by atoms with van der Waals surface area (Å²) >= 11 is 1.50. The van der Waals surface area contributed by atoms with E-state index in [1.165, 1.54) is 43.9 Å². The zero-order chi connectivity index (χ0) is 26.7. The van der Waals surface area contributed by atoms with Crippen molar-refractivity contribution in [1.29, 1.82) is 0 Å². The Morgan fingerprint density at radius 2 is 2.11 bits per heavy atom. The zero-order valence-electron chi connectivity index (χ0n) is 21.6. The van der Waals surface area contributed by atoms with Gasteiger partial charge in [0.25, 0.3) is 11.6 Å². The Hall–Kier alpha value is -3.66. The quantitative estimate of drug-likeness (QED) is 0.216. The van der Waals surface area contributed by atoms with Crippen LogP contribution in [0.15, 0.2) is 39.9 Å². The van der Waals surface area contributed by atoms with Gasteiger partial charge in [-0.15, -0.1) is 11.3 Å². The molecule has 4 rings (SSSR count). The molecule has 0 radical (unpaired) electrons. The van der Waals surface area contributed by atoms with E-state index >= 15 is 0 Å². The number of nitrogens with zero attached hydrogens (tertiary/aromatic N) is 2. The van der Waals surface area contributed by atoms with Crippen molar-refractivity contribution in [2.75, 3.05) is 14.2 Å². The molecule has 0 aliphatic heterocycles. The minimum absolute atomic E-state index is 0.144. The number of carbonyl (C=O) groups excluding carboxylic acids is 1. The summed E-state index contributed by atoms with van der Waals surface area (Å²) in [4.78, 5) is 30.2. The minimum Gasteiger partial charge on any atom is -0.493 e. The molecule has 3 aromatic rings. The van der Waals surface area contributed by atoms with Crippen molar-refractivity contribution in [1.82, 2.24) is 5.32 Å². The van der Waals surface area contributed by atoms with Gasteiger partial charge in [0.15, 0.2) is 11.5 Å². The number of carbonyl (C=O) groups is 1. The lowest BCUT2D eigenvalue weighted by molar-refractivity contribution is -0.385. The fourth-order valence-corrected chi connectivity index (χ4v) is 5.88. The van der Waals surface area contributed by atoms with Gasteiger partial charge < -0.3 is 19.2 Å². The number of hydrogen-bond acceptors (Lipinski definition) is 8. The Balaban J connectivity index is 1.74. The van der Waals surface area contributed by atoms with Crippen molar-refractivity contribution in [2.45, 2.75) is 46.6 Å². The molecule has 1 amide bonds. The Kier molecular flexibility index (Phi) is 7.68. The zero-order valence-corrected chi connectivity index (χ0v) is 22.4. The van der Waals surface area contributed by atoms with Gasteiger partial charge in [0, 0.05) is 22.7 Å². The fourth-order valence-electron chi connectivity index (χ4n) is 4.61. The van der Waals surface area contributed by atoms with Gasteiger partial charge in [-0.25, -0.2) is 4.99 Å². The van der Waals surface area contributed by atoms with Crippen LogP contribution in [0, 0.1) is 21.4 Å². The fraction of sp³-hybridized carbons (Fsp3) is 0.407. The normalized spacial score (nSPS) is 15.4. The summed E-state index contributed by atoms with van der Waals surface area (Å²) in [6.07, 6.45) is 5.73. The van der Waals surface area contributed by atoms with E-state index in [0.29, 0.717) is 33.6 Å². The summed E-state index contributed by atoms with van der Waals surface area (Å²) in [7, 11) is 2.88. The van der Waals surface area contributed by atoms with E-state index in [0.717, 1.165) is 29.7 Å². The van der Waals surface area contributed by atoms with Crippen LogP contribution in [0.1, 0.15) is 59.3 Å². The summed E-state index contributed by atoms with van der Waals surface area (Å²) in [6.45, 7) is 7.00. The predicted molar refractivity (Wildman–Crippen MR) is 143 cm³/mol. The second-order valence-electron chi connectivity index (χ2n) is 10.0. The number of amides is 1. The smallest absolute Gasteiger partial charge is 0.274 e. The number of rotatable bonds is 8. The molecule has 0 spiro atoms. The molecule has 37 heavy (non-hydrogen) atoms. The highest BCUT2D eigenvalue weighted by Gasteiger charge is 2.33. The van der Waals surface area contributed by atoms with Crippen LogP contribution < -0.4 is 14.8 Å². The number of nitro benzene ring substituents is 1. The van der Waals surface area contributed by atoms with Crippen molar-refractivity contribution >= 4 is 34.1 Å². The first-order valence-electron chi connectivity index (χ1n) is 12.0. The van der Waals surface area contributed by atoms with E-state index in [-0.39, 0.29) is 29.3 Å². The minimum atomic E-state index is -0.497. The van der Waals surface area contributed by atoms with Crippen molar-refractivity contribution in [2.24, 2.45) is 16.3 Å². The molecule has 2 aromatic heterocycles. The number of benzene rings is 1. The molecule has 1 aromatic carbocycles. The second-order valence-corrected chi connectivity index (χ2v) is 11.1. The lowest BCUT2D eigenvalue weighted by Gasteiger charge is -2.33. The van der Waals surface area contributed by atoms with Gasteiger partial charge in [0.05, 0.1) is 43.6 Å². The number of thiophene rings is 1. The van der Waals surface area contributed by atoms with Crippen LogP contribution >= 0.6 is 11.3 Å². The standard InChI is InChI=1S/C27H31N3O6S/c1-27(2,3)17-8-9-20-22(12-17)37-26(23(20)25(31)28-15-19-7-6-10-36-19)29-14-16-11-18(30(32)33)13-21(34-4)24(16)35-5/h6-7,10-11,13-14,17H,8-9,12,15H2,1-5H3,(H,28,31)/t17-/m0/s1. The Labute approximate surface area is 219 Å². The molecular weight excluding hydrogens is 494 g/mol. The molecule has 1 N–H and O–H groups in total. The molecule has 2 heterocycles. The third-order valence-electron chi connectivity index (χ3n) is 6.73. The predicted octanol–water partition coefficient (Wildman–Crippen LogP) is 6.10. The molecule has 0 bridgehead atoms. The molecule has 9 nitrogen and oxygen atoms in total. The van der Waals surface area contributed by atoms with Crippen molar-refractivity contribution in [3.8, 4) is 11.5 Å². The highest BCUT2D eigenvalue weighted by Crippen LogP contribution is 2.45. The molecule has 10 heteroatoms. The van der Waals surface area contributed by atoms with Gasteiger partial charge in [0.1, 0.15) is 10.8 Å². The molecule has 196 valence electrons. The molecule has 1 aliphatic rings. The van der Waals surface area contributed by atoms with Crippen molar-refractivity contribution < 1.29 is 23.6 Å². The maximum atomic E-state index is 13.4. The number of aliphatic imine (C=N–C) groups is 1. The molecule has 0 unspecified atom stereocenters. The molecule has 0 saturated heterocycles. The number of nitrogens with one attached hydrogen (secondary N) is 1. The van der Waals surface area contributed by atoms with Gasteiger partial charge in [0.2, 0.25) is 0 Å². The SMILES string of the molecule is COc1cc([N+](=O)[O-])cc(C=Nc2sc3c(c2C(=O)NCc2ccco2)CC[C@H](C(C)(C)C)C3)c1OC. The molecule has 0 saturated carbocycles.